The van der Waals surface area contributed by atoms with E-state index < -0.39 is 0 Å². The molecular formula is C14H25N3O. The molecule has 0 amide bonds. The van der Waals surface area contributed by atoms with Crippen LogP contribution in [-0.2, 0) is 4.74 Å². The van der Waals surface area contributed by atoms with Gasteiger partial charge in [0.2, 0.25) is 0 Å². The summed E-state index contributed by atoms with van der Waals surface area (Å²) in [5, 5.41) is 12.8. The highest BCUT2D eigenvalue weighted by atomic mass is 16.5. The molecule has 4 heteroatoms. The molecule has 1 heterocycles. The second-order valence-electron chi connectivity index (χ2n) is 5.62. The monoisotopic (exact) mass is 251 g/mol. The molecule has 0 bridgehead atoms. The third-order valence-corrected chi connectivity index (χ3v) is 4.48. The Morgan fingerprint density at radius 1 is 1.50 bits per heavy atom. The third kappa shape index (κ3) is 2.85. The van der Waals surface area contributed by atoms with Gasteiger partial charge in [0.05, 0.1) is 12.2 Å². The minimum atomic E-state index is -0.278. The van der Waals surface area contributed by atoms with E-state index in [0.29, 0.717) is 12.1 Å². The topological polar surface area (TPSA) is 48.3 Å². The molecule has 102 valence electrons. The number of nitrogens with one attached hydrogen (secondary N) is 1. The molecule has 1 saturated carbocycles. The predicted octanol–water partition coefficient (Wildman–Crippen LogP) is 1.52. The summed E-state index contributed by atoms with van der Waals surface area (Å²) in [5.74, 6) is 0. The number of methoxy groups -OCH3 is 1. The summed E-state index contributed by atoms with van der Waals surface area (Å²) in [6.07, 6.45) is 5.86. The molecular weight excluding hydrogens is 226 g/mol. The van der Waals surface area contributed by atoms with Crippen molar-refractivity contribution in [2.24, 2.45) is 0 Å². The lowest BCUT2D eigenvalue weighted by Gasteiger charge is -2.36. The van der Waals surface area contributed by atoms with Crippen LogP contribution in [-0.4, -0.2) is 49.3 Å². The molecule has 4 nitrogen and oxygen atoms in total. The fourth-order valence-corrected chi connectivity index (χ4v) is 3.46. The average Bonchev–Trinajstić information content (AvgIpc) is 2.84. The molecule has 0 aromatic rings. The summed E-state index contributed by atoms with van der Waals surface area (Å²) < 4.78 is 5.48. The number of likely N-dealkylation sites (tertiary alicyclic amines) is 1. The summed E-state index contributed by atoms with van der Waals surface area (Å²) in [6, 6.07) is 3.06. The molecule has 2 rings (SSSR count). The smallest absolute Gasteiger partial charge is 0.108 e. The Bertz CT molecular complexity index is 315. The van der Waals surface area contributed by atoms with Gasteiger partial charge in [0.1, 0.15) is 5.54 Å². The maximum absolute atomic E-state index is 9.41. The molecule has 18 heavy (non-hydrogen) atoms. The van der Waals surface area contributed by atoms with Crippen LogP contribution in [0.2, 0.25) is 0 Å². The second kappa shape index (κ2) is 6.01. The van der Waals surface area contributed by atoms with E-state index in [4.69, 9.17) is 4.74 Å². The average molecular weight is 251 g/mol. The van der Waals surface area contributed by atoms with Gasteiger partial charge in [0, 0.05) is 19.7 Å². The Labute approximate surface area is 110 Å². The molecule has 1 N–H and O–H groups in total. The zero-order chi connectivity index (χ0) is 13.0. The van der Waals surface area contributed by atoms with Crippen LogP contribution in [0.5, 0.6) is 0 Å². The second-order valence-corrected chi connectivity index (χ2v) is 5.62. The highest BCUT2D eigenvalue weighted by Crippen LogP contribution is 2.34. The van der Waals surface area contributed by atoms with E-state index in [1.165, 1.54) is 12.8 Å². The zero-order valence-electron chi connectivity index (χ0n) is 11.6. The van der Waals surface area contributed by atoms with Crippen molar-refractivity contribution in [2.45, 2.75) is 56.7 Å². The zero-order valence-corrected chi connectivity index (χ0v) is 11.6. The van der Waals surface area contributed by atoms with E-state index >= 15 is 0 Å². The number of nitriles is 1. The van der Waals surface area contributed by atoms with Crippen molar-refractivity contribution in [2.75, 3.05) is 26.7 Å². The molecule has 1 aliphatic heterocycles. The van der Waals surface area contributed by atoms with Crippen LogP contribution in [0.25, 0.3) is 0 Å². The van der Waals surface area contributed by atoms with Crippen molar-refractivity contribution in [3.8, 4) is 6.07 Å². The van der Waals surface area contributed by atoms with Crippen molar-refractivity contribution < 1.29 is 4.74 Å². The highest BCUT2D eigenvalue weighted by molar-refractivity contribution is 5.13. The molecule has 3 unspecified atom stereocenters. The van der Waals surface area contributed by atoms with Gasteiger partial charge < -0.3 is 4.74 Å². The highest BCUT2D eigenvalue weighted by Gasteiger charge is 2.41. The van der Waals surface area contributed by atoms with Crippen molar-refractivity contribution in [1.29, 1.82) is 5.26 Å². The Morgan fingerprint density at radius 2 is 2.33 bits per heavy atom. The molecule has 0 spiro atoms. The van der Waals surface area contributed by atoms with Crippen molar-refractivity contribution in [3.05, 3.63) is 0 Å². The lowest BCUT2D eigenvalue weighted by Crippen LogP contribution is -2.47. The summed E-state index contributed by atoms with van der Waals surface area (Å²) in [5.41, 5.74) is -0.278. The molecule has 0 radical (unpaired) electrons. The summed E-state index contributed by atoms with van der Waals surface area (Å²) >= 11 is 0. The standard InChI is InChI=1S/C14H25N3O/c1-3-16-14(11-15)7-6-12(9-14)17-8-4-5-13(10-17)18-2/h12-13,16H,3-10H2,1-2H3. The van der Waals surface area contributed by atoms with Gasteiger partial charge in [0.15, 0.2) is 0 Å². The van der Waals surface area contributed by atoms with Gasteiger partial charge in [-0.05, 0) is 45.2 Å². The molecule has 1 saturated heterocycles. The number of rotatable bonds is 4. The summed E-state index contributed by atoms with van der Waals surface area (Å²) in [7, 11) is 1.81. The van der Waals surface area contributed by atoms with E-state index in [1.54, 1.807) is 7.11 Å². The molecule has 2 fully saturated rings. The van der Waals surface area contributed by atoms with Gasteiger partial charge in [-0.1, -0.05) is 6.92 Å². The van der Waals surface area contributed by atoms with E-state index in [2.05, 4.69) is 23.2 Å². The fourth-order valence-electron chi connectivity index (χ4n) is 3.46. The van der Waals surface area contributed by atoms with Crippen molar-refractivity contribution in [3.63, 3.8) is 0 Å². The first-order valence-corrected chi connectivity index (χ1v) is 7.16. The number of hydrogen-bond donors (Lipinski definition) is 1. The van der Waals surface area contributed by atoms with E-state index in [1.807, 2.05) is 0 Å². The Kier molecular flexibility index (Phi) is 4.60. The van der Waals surface area contributed by atoms with Crippen molar-refractivity contribution >= 4 is 0 Å². The molecule has 0 aromatic carbocycles. The number of nitrogens with zero attached hydrogens (tertiary/aromatic N) is 2. The lowest BCUT2D eigenvalue weighted by atomic mass is 9.98. The first-order chi connectivity index (χ1) is 8.73. The first kappa shape index (κ1) is 13.8. The molecule has 2 aliphatic rings. The van der Waals surface area contributed by atoms with Crippen LogP contribution < -0.4 is 5.32 Å². The van der Waals surface area contributed by atoms with E-state index in [0.717, 1.165) is 38.9 Å². The van der Waals surface area contributed by atoms with Gasteiger partial charge >= 0.3 is 0 Å². The van der Waals surface area contributed by atoms with Crippen LogP contribution in [0.4, 0.5) is 0 Å². The normalized spacial score (nSPS) is 37.6. The minimum Gasteiger partial charge on any atom is -0.380 e. The maximum atomic E-state index is 9.41. The third-order valence-electron chi connectivity index (χ3n) is 4.48. The van der Waals surface area contributed by atoms with E-state index in [-0.39, 0.29) is 5.54 Å². The van der Waals surface area contributed by atoms with Gasteiger partial charge in [-0.2, -0.15) is 5.26 Å². The summed E-state index contributed by atoms with van der Waals surface area (Å²) in [4.78, 5) is 2.54. The van der Waals surface area contributed by atoms with Gasteiger partial charge in [0.25, 0.3) is 0 Å². The first-order valence-electron chi connectivity index (χ1n) is 7.16. The molecule has 3 atom stereocenters. The van der Waals surface area contributed by atoms with Crippen LogP contribution in [0, 0.1) is 11.3 Å². The Balaban J connectivity index is 1.93. The number of hydrogen-bond acceptors (Lipinski definition) is 4. The predicted molar refractivity (Wildman–Crippen MR) is 71.3 cm³/mol. The number of ether oxygens (including phenoxy) is 1. The molecule has 1 aliphatic carbocycles. The lowest BCUT2D eigenvalue weighted by molar-refractivity contribution is 0.0148. The van der Waals surface area contributed by atoms with Crippen LogP contribution in [0.3, 0.4) is 0 Å². The summed E-state index contributed by atoms with van der Waals surface area (Å²) in [6.45, 7) is 5.15. The Morgan fingerprint density at radius 3 is 3.00 bits per heavy atom. The minimum absolute atomic E-state index is 0.278. The SMILES string of the molecule is CCNC1(C#N)CCC(N2CCCC(OC)C2)C1. The van der Waals surface area contributed by atoms with Crippen LogP contribution in [0.15, 0.2) is 0 Å². The van der Waals surface area contributed by atoms with Gasteiger partial charge in [-0.25, -0.2) is 0 Å². The quantitative estimate of drug-likeness (QED) is 0.823. The van der Waals surface area contributed by atoms with Crippen LogP contribution >= 0.6 is 0 Å². The Hall–Kier alpha value is -0.630. The maximum Gasteiger partial charge on any atom is 0.108 e. The fraction of sp³-hybridized carbons (Fsp3) is 0.929. The largest absolute Gasteiger partial charge is 0.380 e. The van der Waals surface area contributed by atoms with Gasteiger partial charge in [-0.15, -0.1) is 0 Å². The number of piperidine rings is 1. The van der Waals surface area contributed by atoms with Crippen molar-refractivity contribution in [1.82, 2.24) is 10.2 Å². The van der Waals surface area contributed by atoms with Gasteiger partial charge in [-0.3, -0.25) is 10.2 Å². The van der Waals surface area contributed by atoms with Crippen LogP contribution in [0.1, 0.15) is 39.0 Å². The van der Waals surface area contributed by atoms with E-state index in [9.17, 15) is 5.26 Å². The molecule has 0 aromatic heterocycles.